The van der Waals surface area contributed by atoms with E-state index >= 15 is 0 Å². The van der Waals surface area contributed by atoms with Gasteiger partial charge in [-0.2, -0.15) is 0 Å². The normalized spacial score (nSPS) is 13.9. The maximum Gasteiger partial charge on any atom is 0.116 e. The van der Waals surface area contributed by atoms with Gasteiger partial charge >= 0.3 is 0 Å². The van der Waals surface area contributed by atoms with Gasteiger partial charge in [-0.1, -0.05) is 6.07 Å². The van der Waals surface area contributed by atoms with Crippen molar-refractivity contribution in [3.63, 3.8) is 0 Å². The van der Waals surface area contributed by atoms with Crippen molar-refractivity contribution in [2.45, 2.75) is 20.0 Å². The summed E-state index contributed by atoms with van der Waals surface area (Å²) in [7, 11) is 0. The molecule has 0 bridgehead atoms. The fraction of sp³-hybridized carbons (Fsp3) is 0.364. The lowest BCUT2D eigenvalue weighted by Gasteiger charge is -2.09. The predicted molar refractivity (Wildman–Crippen MR) is 60.0 cm³/mol. The average molecular weight is 208 g/mol. The molecule has 0 aliphatic heterocycles. The molecule has 1 aromatic carbocycles. The molecule has 0 aliphatic carbocycles. The summed E-state index contributed by atoms with van der Waals surface area (Å²) in [6, 6.07) is 4.97. The van der Waals surface area contributed by atoms with Gasteiger partial charge in [-0.3, -0.25) is 4.99 Å². The Kier molecular flexibility index (Phi) is 3.68. The molecular weight excluding hydrogens is 192 g/mol. The quantitative estimate of drug-likeness (QED) is 0.514. The molecule has 0 spiro atoms. The maximum atomic E-state index is 9.74. The average Bonchev–Trinajstić information content (AvgIpc) is 2.12. The molecule has 0 saturated carbocycles. The Morgan fingerprint density at radius 1 is 1.47 bits per heavy atom. The van der Waals surface area contributed by atoms with Crippen molar-refractivity contribution in [2.75, 3.05) is 6.54 Å². The summed E-state index contributed by atoms with van der Waals surface area (Å²) >= 11 is 0. The molecule has 1 aromatic rings. The van der Waals surface area contributed by atoms with Crippen LogP contribution in [-0.2, 0) is 0 Å². The van der Waals surface area contributed by atoms with Crippen molar-refractivity contribution in [3.8, 4) is 5.75 Å². The van der Waals surface area contributed by atoms with Gasteiger partial charge in [-0.15, -0.1) is 0 Å². The molecule has 0 unspecified atom stereocenters. The van der Waals surface area contributed by atoms with Gasteiger partial charge in [0.15, 0.2) is 0 Å². The number of rotatable bonds is 3. The second kappa shape index (κ2) is 4.79. The highest BCUT2D eigenvalue weighted by Crippen LogP contribution is 2.20. The third kappa shape index (κ3) is 3.59. The summed E-state index contributed by atoms with van der Waals surface area (Å²) in [6.07, 6.45) is -0.728. The van der Waals surface area contributed by atoms with Gasteiger partial charge in [0.1, 0.15) is 5.75 Å². The first-order valence-electron chi connectivity index (χ1n) is 4.74. The second-order valence-electron chi connectivity index (χ2n) is 3.60. The number of hydrogen-bond donors (Lipinski definition) is 3. The van der Waals surface area contributed by atoms with Crippen molar-refractivity contribution in [1.29, 1.82) is 0 Å². The van der Waals surface area contributed by atoms with Crippen LogP contribution in [-0.4, -0.2) is 22.6 Å². The fourth-order valence-electron chi connectivity index (χ4n) is 1.32. The molecule has 0 fully saturated rings. The monoisotopic (exact) mass is 208 g/mol. The Morgan fingerprint density at radius 2 is 2.13 bits per heavy atom. The van der Waals surface area contributed by atoms with Gasteiger partial charge in [0.2, 0.25) is 0 Å². The lowest BCUT2D eigenvalue weighted by molar-refractivity contribution is 0.187. The zero-order chi connectivity index (χ0) is 11.4. The number of phenols is 1. The Morgan fingerprint density at radius 3 is 2.67 bits per heavy atom. The van der Waals surface area contributed by atoms with Crippen LogP contribution in [0.25, 0.3) is 0 Å². The van der Waals surface area contributed by atoms with E-state index < -0.39 is 6.10 Å². The first-order chi connectivity index (χ1) is 6.99. The molecule has 0 aliphatic rings. The van der Waals surface area contributed by atoms with Crippen LogP contribution in [0.4, 0.5) is 0 Å². The zero-order valence-corrected chi connectivity index (χ0v) is 8.94. The molecule has 0 heterocycles. The van der Waals surface area contributed by atoms with Crippen molar-refractivity contribution in [1.82, 2.24) is 0 Å². The van der Waals surface area contributed by atoms with E-state index in [1.54, 1.807) is 13.0 Å². The van der Waals surface area contributed by atoms with E-state index in [1.165, 1.54) is 6.07 Å². The van der Waals surface area contributed by atoms with E-state index in [2.05, 4.69) is 4.99 Å². The Balaban J connectivity index is 2.81. The number of benzene rings is 1. The van der Waals surface area contributed by atoms with E-state index in [0.717, 1.165) is 5.56 Å². The zero-order valence-electron chi connectivity index (χ0n) is 8.94. The van der Waals surface area contributed by atoms with E-state index in [1.807, 2.05) is 13.0 Å². The van der Waals surface area contributed by atoms with Gasteiger partial charge < -0.3 is 15.9 Å². The molecule has 0 aromatic heterocycles. The molecule has 82 valence electrons. The van der Waals surface area contributed by atoms with Gasteiger partial charge in [-0.25, -0.2) is 0 Å². The van der Waals surface area contributed by atoms with E-state index in [-0.39, 0.29) is 12.3 Å². The summed E-state index contributed by atoms with van der Waals surface area (Å²) in [5.74, 6) is 0.587. The fourth-order valence-corrected chi connectivity index (χ4v) is 1.32. The van der Waals surface area contributed by atoms with Crippen LogP contribution in [0.1, 0.15) is 24.2 Å². The number of phenolic OH excluding ortho intramolecular Hbond substituents is 1. The lowest BCUT2D eigenvalue weighted by Crippen LogP contribution is -2.09. The van der Waals surface area contributed by atoms with Gasteiger partial charge in [0.05, 0.1) is 18.5 Å². The van der Waals surface area contributed by atoms with Crippen LogP contribution in [0.3, 0.4) is 0 Å². The molecule has 1 atom stereocenters. The highest BCUT2D eigenvalue weighted by Gasteiger charge is 2.08. The molecular formula is C11H16N2O2. The van der Waals surface area contributed by atoms with E-state index in [4.69, 9.17) is 5.73 Å². The maximum absolute atomic E-state index is 9.74. The van der Waals surface area contributed by atoms with Crippen LogP contribution >= 0.6 is 0 Å². The Labute approximate surface area is 89.1 Å². The summed E-state index contributed by atoms with van der Waals surface area (Å²) in [5.41, 5.74) is 6.92. The number of nitrogens with two attached hydrogens (primary N) is 1. The Hall–Kier alpha value is -1.55. The second-order valence-corrected chi connectivity index (χ2v) is 3.60. The van der Waals surface area contributed by atoms with Crippen molar-refractivity contribution in [2.24, 2.45) is 10.7 Å². The van der Waals surface area contributed by atoms with Crippen LogP contribution in [0.15, 0.2) is 23.2 Å². The van der Waals surface area contributed by atoms with Gasteiger partial charge in [0.25, 0.3) is 0 Å². The molecule has 4 heteroatoms. The summed E-state index contributed by atoms with van der Waals surface area (Å²) in [5, 5.41) is 19.1. The molecule has 1 rings (SSSR count). The molecule has 4 nitrogen and oxygen atoms in total. The largest absolute Gasteiger partial charge is 0.508 e. The van der Waals surface area contributed by atoms with Crippen molar-refractivity contribution in [3.05, 3.63) is 29.3 Å². The van der Waals surface area contributed by atoms with E-state index in [0.29, 0.717) is 11.4 Å². The number of aliphatic hydroxyl groups excluding tert-OH is 1. The number of aliphatic hydroxyl groups is 1. The number of aryl methyl sites for hydroxylation is 1. The smallest absolute Gasteiger partial charge is 0.116 e. The SMILES string of the molecule is CC(N)=NC[C@H](O)c1cc(C)cc(O)c1. The highest BCUT2D eigenvalue weighted by molar-refractivity contribution is 5.77. The van der Waals surface area contributed by atoms with Gasteiger partial charge in [-0.05, 0) is 37.1 Å². The Bertz CT molecular complexity index is 351. The minimum absolute atomic E-state index is 0.150. The third-order valence-electron chi connectivity index (χ3n) is 1.98. The number of aromatic hydroxyl groups is 1. The van der Waals surface area contributed by atoms with Gasteiger partial charge in [0, 0.05) is 0 Å². The van der Waals surface area contributed by atoms with Crippen LogP contribution in [0.2, 0.25) is 0 Å². The standard InChI is InChI=1S/C11H16N2O2/c1-7-3-9(5-10(14)4-7)11(15)6-13-8(2)12/h3-5,11,14-15H,6H2,1-2H3,(H2,12,13)/t11-/m0/s1. The molecule has 15 heavy (non-hydrogen) atoms. The first kappa shape index (κ1) is 11.5. The molecule has 0 radical (unpaired) electrons. The van der Waals surface area contributed by atoms with Crippen molar-refractivity contribution < 1.29 is 10.2 Å². The minimum atomic E-state index is -0.728. The first-order valence-corrected chi connectivity index (χ1v) is 4.74. The lowest BCUT2D eigenvalue weighted by atomic mass is 10.1. The molecule has 0 amide bonds. The van der Waals surface area contributed by atoms with Crippen molar-refractivity contribution >= 4 is 5.84 Å². The number of amidine groups is 1. The predicted octanol–water partition coefficient (Wildman–Crippen LogP) is 1.11. The minimum Gasteiger partial charge on any atom is -0.508 e. The topological polar surface area (TPSA) is 78.8 Å². The number of nitrogens with zero attached hydrogens (tertiary/aromatic N) is 1. The van der Waals surface area contributed by atoms with Crippen LogP contribution in [0.5, 0.6) is 5.75 Å². The van der Waals surface area contributed by atoms with E-state index in [9.17, 15) is 10.2 Å². The summed E-state index contributed by atoms with van der Waals surface area (Å²) < 4.78 is 0. The summed E-state index contributed by atoms with van der Waals surface area (Å²) in [6.45, 7) is 3.74. The van der Waals surface area contributed by atoms with Crippen LogP contribution in [0, 0.1) is 6.92 Å². The highest BCUT2D eigenvalue weighted by atomic mass is 16.3. The number of hydrogen-bond acceptors (Lipinski definition) is 3. The third-order valence-corrected chi connectivity index (χ3v) is 1.98. The molecule has 4 N–H and O–H groups in total. The molecule has 0 saturated heterocycles. The van der Waals surface area contributed by atoms with Crippen LogP contribution < -0.4 is 5.73 Å². The number of aliphatic imine (C=N–C) groups is 1. The summed E-state index contributed by atoms with van der Waals surface area (Å²) in [4.78, 5) is 3.92.